The molecule has 0 radical (unpaired) electrons. The number of imidazole rings is 1. The summed E-state index contributed by atoms with van der Waals surface area (Å²) in [6, 6.07) is 6.09. The van der Waals surface area contributed by atoms with E-state index in [1.807, 2.05) is 0 Å². The van der Waals surface area contributed by atoms with Crippen molar-refractivity contribution < 1.29 is 13.5 Å². The number of hydrogen-bond acceptors (Lipinski definition) is 4. The van der Waals surface area contributed by atoms with Gasteiger partial charge in [0.25, 0.3) is 5.56 Å². The van der Waals surface area contributed by atoms with Gasteiger partial charge in [0, 0.05) is 14.1 Å². The Labute approximate surface area is 148 Å². The van der Waals surface area contributed by atoms with E-state index < -0.39 is 17.9 Å². The van der Waals surface area contributed by atoms with E-state index in [0.29, 0.717) is 10.4 Å². The van der Waals surface area contributed by atoms with E-state index in [0.717, 1.165) is 10.1 Å². The van der Waals surface area contributed by atoms with Gasteiger partial charge in [-0.05, 0) is 33.6 Å². The largest absolute Gasteiger partial charge is 0.435 e. The maximum absolute atomic E-state index is 12.2. The fourth-order valence-electron chi connectivity index (χ4n) is 2.56. The van der Waals surface area contributed by atoms with Crippen LogP contribution in [-0.2, 0) is 20.6 Å². The molecule has 0 saturated carbocycles. The first kappa shape index (κ1) is 17.3. The molecule has 0 fully saturated rings. The van der Waals surface area contributed by atoms with E-state index in [4.69, 9.17) is 0 Å². The fraction of sp³-hybridized carbons (Fsp3) is 0.267. The molecular formula is C15H13BrF2N4O3. The molecular weight excluding hydrogens is 402 g/mol. The Morgan fingerprint density at radius 2 is 1.80 bits per heavy atom. The topological polar surface area (TPSA) is 71.0 Å². The van der Waals surface area contributed by atoms with Crippen LogP contribution in [0.3, 0.4) is 0 Å². The Balaban J connectivity index is 2.06. The van der Waals surface area contributed by atoms with Gasteiger partial charge in [-0.15, -0.1) is 0 Å². The van der Waals surface area contributed by atoms with Gasteiger partial charge in [-0.2, -0.15) is 8.78 Å². The Kier molecular flexibility index (Phi) is 4.46. The van der Waals surface area contributed by atoms with Crippen molar-refractivity contribution in [1.82, 2.24) is 18.7 Å². The lowest BCUT2D eigenvalue weighted by Gasteiger charge is -2.10. The van der Waals surface area contributed by atoms with Crippen LogP contribution in [-0.4, -0.2) is 25.3 Å². The Morgan fingerprint density at radius 1 is 1.16 bits per heavy atom. The molecule has 0 bridgehead atoms. The molecule has 25 heavy (non-hydrogen) atoms. The minimum absolute atomic E-state index is 0.0505. The molecule has 3 rings (SSSR count). The monoisotopic (exact) mass is 414 g/mol. The first-order chi connectivity index (χ1) is 11.8. The highest BCUT2D eigenvalue weighted by molar-refractivity contribution is 9.10. The molecule has 0 N–H and O–H groups in total. The minimum Gasteiger partial charge on any atom is -0.435 e. The summed E-state index contributed by atoms with van der Waals surface area (Å²) in [6.45, 7) is -2.60. The quantitative estimate of drug-likeness (QED) is 0.610. The Bertz CT molecular complexity index is 1050. The number of alkyl halides is 2. The number of aryl methyl sites for hydroxylation is 1. The molecule has 0 atom stereocenters. The summed E-state index contributed by atoms with van der Waals surface area (Å²) in [4.78, 5) is 28.6. The second-order valence-electron chi connectivity index (χ2n) is 5.37. The second kappa shape index (κ2) is 6.43. The maximum Gasteiger partial charge on any atom is 0.387 e. The summed E-state index contributed by atoms with van der Waals surface area (Å²) in [6.07, 6.45) is 0. The molecule has 132 valence electrons. The van der Waals surface area contributed by atoms with Crippen LogP contribution >= 0.6 is 15.9 Å². The summed E-state index contributed by atoms with van der Waals surface area (Å²) in [5.41, 5.74) is 0.335. The average Bonchev–Trinajstić information content (AvgIpc) is 2.89. The van der Waals surface area contributed by atoms with Crippen molar-refractivity contribution in [3.8, 4) is 5.75 Å². The molecule has 0 aliphatic heterocycles. The highest BCUT2D eigenvalue weighted by atomic mass is 79.9. The van der Waals surface area contributed by atoms with Gasteiger partial charge in [-0.25, -0.2) is 9.78 Å². The molecule has 1 aromatic carbocycles. The van der Waals surface area contributed by atoms with Crippen LogP contribution in [0.1, 0.15) is 5.56 Å². The summed E-state index contributed by atoms with van der Waals surface area (Å²) in [7, 11) is 2.94. The summed E-state index contributed by atoms with van der Waals surface area (Å²) >= 11 is 3.30. The van der Waals surface area contributed by atoms with Gasteiger partial charge >= 0.3 is 12.3 Å². The molecule has 10 heteroatoms. The standard InChI is InChI=1S/C15H13BrF2N4O3/c1-20-11-10(12(23)21(2)15(20)24)19-13(16)22(11)7-8-3-5-9(6-4-8)25-14(17)18/h3-6,14H,7H2,1-2H3. The number of fused-ring (bicyclic) bond motifs is 1. The number of nitrogens with zero attached hydrogens (tertiary/aromatic N) is 4. The summed E-state index contributed by atoms with van der Waals surface area (Å²) in [5.74, 6) is 0.0505. The van der Waals surface area contributed by atoms with Crippen molar-refractivity contribution in [2.45, 2.75) is 13.2 Å². The molecule has 7 nitrogen and oxygen atoms in total. The van der Waals surface area contributed by atoms with E-state index >= 15 is 0 Å². The van der Waals surface area contributed by atoms with Crippen LogP contribution in [0.2, 0.25) is 0 Å². The van der Waals surface area contributed by atoms with Crippen molar-refractivity contribution in [3.05, 3.63) is 55.4 Å². The van der Waals surface area contributed by atoms with Crippen LogP contribution in [0.25, 0.3) is 11.2 Å². The van der Waals surface area contributed by atoms with Gasteiger partial charge < -0.3 is 4.74 Å². The van der Waals surface area contributed by atoms with E-state index in [1.54, 1.807) is 23.7 Å². The van der Waals surface area contributed by atoms with Gasteiger partial charge in [0.2, 0.25) is 0 Å². The van der Waals surface area contributed by atoms with Crippen LogP contribution < -0.4 is 16.0 Å². The highest BCUT2D eigenvalue weighted by Crippen LogP contribution is 2.20. The van der Waals surface area contributed by atoms with Crippen LogP contribution in [0.5, 0.6) is 5.75 Å². The zero-order chi connectivity index (χ0) is 18.3. The molecule has 0 aliphatic carbocycles. The van der Waals surface area contributed by atoms with E-state index in [9.17, 15) is 18.4 Å². The third kappa shape index (κ3) is 3.09. The molecule has 0 unspecified atom stereocenters. The van der Waals surface area contributed by atoms with Gasteiger partial charge in [0.1, 0.15) is 5.75 Å². The molecule has 0 amide bonds. The number of benzene rings is 1. The average molecular weight is 415 g/mol. The molecule has 0 spiro atoms. The van der Waals surface area contributed by atoms with Crippen LogP contribution in [0.4, 0.5) is 8.78 Å². The van der Waals surface area contributed by atoms with E-state index in [2.05, 4.69) is 25.7 Å². The molecule has 3 aromatic rings. The van der Waals surface area contributed by atoms with Gasteiger partial charge in [0.05, 0.1) is 6.54 Å². The number of rotatable bonds is 4. The molecule has 0 saturated heterocycles. The molecule has 2 aromatic heterocycles. The zero-order valence-corrected chi connectivity index (χ0v) is 14.8. The normalized spacial score (nSPS) is 11.4. The predicted molar refractivity (Wildman–Crippen MR) is 90.1 cm³/mol. The summed E-state index contributed by atoms with van der Waals surface area (Å²) in [5, 5.41) is 0. The number of hydrogen-bond donors (Lipinski definition) is 0. The smallest absolute Gasteiger partial charge is 0.387 e. The minimum atomic E-state index is -2.89. The first-order valence-corrected chi connectivity index (χ1v) is 7.94. The van der Waals surface area contributed by atoms with Crippen molar-refractivity contribution in [3.63, 3.8) is 0 Å². The van der Waals surface area contributed by atoms with E-state index in [-0.39, 0.29) is 17.8 Å². The molecule has 0 aliphatic rings. The van der Waals surface area contributed by atoms with E-state index in [1.165, 1.54) is 23.7 Å². The zero-order valence-electron chi connectivity index (χ0n) is 13.2. The third-order valence-electron chi connectivity index (χ3n) is 3.78. The second-order valence-corrected chi connectivity index (χ2v) is 6.08. The SMILES string of the molecule is Cn1c(=O)c2nc(Br)n(Cc3ccc(OC(F)F)cc3)c2n(C)c1=O. The Morgan fingerprint density at radius 3 is 2.40 bits per heavy atom. The number of ether oxygens (including phenoxy) is 1. The third-order valence-corrected chi connectivity index (χ3v) is 4.39. The van der Waals surface area contributed by atoms with Gasteiger partial charge in [0.15, 0.2) is 15.9 Å². The lowest BCUT2D eigenvalue weighted by atomic mass is 10.2. The maximum atomic E-state index is 12.2. The lowest BCUT2D eigenvalue weighted by Crippen LogP contribution is -2.37. The lowest BCUT2D eigenvalue weighted by molar-refractivity contribution is -0.0498. The van der Waals surface area contributed by atoms with Crippen molar-refractivity contribution in [1.29, 1.82) is 0 Å². The number of halogens is 3. The highest BCUT2D eigenvalue weighted by Gasteiger charge is 2.17. The van der Waals surface area contributed by atoms with Crippen molar-refractivity contribution >= 4 is 27.1 Å². The molecule has 2 heterocycles. The van der Waals surface area contributed by atoms with Crippen molar-refractivity contribution in [2.24, 2.45) is 14.1 Å². The van der Waals surface area contributed by atoms with Crippen LogP contribution in [0, 0.1) is 0 Å². The first-order valence-electron chi connectivity index (χ1n) is 7.15. The number of aromatic nitrogens is 4. The van der Waals surface area contributed by atoms with Crippen LogP contribution in [0.15, 0.2) is 38.6 Å². The predicted octanol–water partition coefficient (Wildman–Crippen LogP) is 1.85. The van der Waals surface area contributed by atoms with Gasteiger partial charge in [-0.3, -0.25) is 18.5 Å². The Hall–Kier alpha value is -2.49. The fourth-order valence-corrected chi connectivity index (χ4v) is 3.03. The van der Waals surface area contributed by atoms with Crippen molar-refractivity contribution in [2.75, 3.05) is 0 Å². The summed E-state index contributed by atoms with van der Waals surface area (Å²) < 4.78 is 33.1. The van der Waals surface area contributed by atoms with Gasteiger partial charge in [-0.1, -0.05) is 12.1 Å².